The number of hydrogen-bond donors (Lipinski definition) is 3. The van der Waals surface area contributed by atoms with Crippen LogP contribution < -0.4 is 14.8 Å². The average Bonchev–Trinajstić information content (AvgIpc) is 3.82. The Morgan fingerprint density at radius 2 is 1.64 bits per heavy atom. The minimum absolute atomic E-state index is 0.0139. The Bertz CT molecular complexity index is 2110. The Balaban J connectivity index is 1.26. The van der Waals surface area contributed by atoms with E-state index in [0.717, 1.165) is 11.1 Å². The van der Waals surface area contributed by atoms with Crippen LogP contribution in [-0.4, -0.2) is 58.1 Å². The van der Waals surface area contributed by atoms with Crippen molar-refractivity contribution in [1.82, 2.24) is 15.4 Å². The molecule has 4 aliphatic rings. The number of ether oxygens (including phenoxy) is 2. The molecule has 1 aliphatic heterocycles. The lowest BCUT2D eigenvalue weighted by Gasteiger charge is -2.49. The predicted octanol–water partition coefficient (Wildman–Crippen LogP) is 6.54. The number of nitrogens with zero attached hydrogens (tertiary/aromatic N) is 2. The van der Waals surface area contributed by atoms with E-state index in [1.54, 1.807) is 43.3 Å². The number of rotatable bonds is 8. The lowest BCUT2D eigenvalue weighted by Crippen LogP contribution is -2.63. The number of halogens is 3. The molecule has 3 aliphatic carbocycles. The highest BCUT2D eigenvalue weighted by atomic mass is 19.4. The van der Waals surface area contributed by atoms with Crippen molar-refractivity contribution < 1.29 is 47.0 Å². The minimum Gasteiger partial charge on any atom is -0.507 e. The molecule has 5 atom stereocenters. The molecule has 2 fully saturated rings. The number of ketones is 2. The number of hydrogen-bond acceptors (Lipinski definition) is 10. The fraction of sp³-hybridized carbons (Fsp3) is 0.375. The maximum absolute atomic E-state index is 15.2. The molecule has 1 unspecified atom stereocenters. The van der Waals surface area contributed by atoms with Gasteiger partial charge in [-0.1, -0.05) is 60.7 Å². The minimum atomic E-state index is -4.81. The topological polar surface area (TPSA) is 134 Å². The summed E-state index contributed by atoms with van der Waals surface area (Å²) in [4.78, 5) is 30.8. The van der Waals surface area contributed by atoms with Crippen LogP contribution in [0.25, 0.3) is 5.76 Å². The third-order valence-corrected chi connectivity index (χ3v) is 11.1. The highest BCUT2D eigenvalue weighted by molar-refractivity contribution is 6.26. The summed E-state index contributed by atoms with van der Waals surface area (Å²) < 4.78 is 63.5. The number of aromatic nitrogens is 1. The van der Waals surface area contributed by atoms with E-state index in [-0.39, 0.29) is 71.3 Å². The molecule has 1 saturated heterocycles. The third kappa shape index (κ3) is 5.73. The smallest absolute Gasteiger partial charge is 0.417 e. The summed E-state index contributed by atoms with van der Waals surface area (Å²) in [6.45, 7) is 0.549. The van der Waals surface area contributed by atoms with Gasteiger partial charge in [0, 0.05) is 17.5 Å². The lowest BCUT2D eigenvalue weighted by atomic mass is 9.57. The summed E-state index contributed by atoms with van der Waals surface area (Å²) in [5.41, 5.74) is -3.00. The highest BCUT2D eigenvalue weighted by Gasteiger charge is 2.66. The first-order valence-corrected chi connectivity index (χ1v) is 17.6. The number of benzene rings is 3. The zero-order chi connectivity index (χ0) is 37.2. The molecule has 10 nitrogen and oxygen atoms in total. The molecule has 8 rings (SSSR count). The second kappa shape index (κ2) is 13.2. The van der Waals surface area contributed by atoms with E-state index in [0.29, 0.717) is 19.4 Å². The molecular weight excluding hydrogens is 691 g/mol. The highest BCUT2D eigenvalue weighted by Crippen LogP contribution is 2.57. The van der Waals surface area contributed by atoms with Crippen LogP contribution in [0.3, 0.4) is 0 Å². The van der Waals surface area contributed by atoms with Gasteiger partial charge < -0.3 is 29.5 Å². The molecule has 276 valence electrons. The molecule has 3 aromatic carbocycles. The second-order valence-electron chi connectivity index (χ2n) is 14.5. The van der Waals surface area contributed by atoms with Gasteiger partial charge in [0.15, 0.2) is 11.4 Å². The van der Waals surface area contributed by atoms with Crippen LogP contribution in [0.1, 0.15) is 80.8 Å². The van der Waals surface area contributed by atoms with Crippen LogP contribution in [0.2, 0.25) is 0 Å². The molecule has 1 saturated carbocycles. The maximum Gasteiger partial charge on any atom is 0.417 e. The molecular formula is C40H38F3N3O7. The number of nitrogens with one attached hydrogen (secondary N) is 1. The summed E-state index contributed by atoms with van der Waals surface area (Å²) in [6, 6.07) is 18.0. The predicted molar refractivity (Wildman–Crippen MR) is 185 cm³/mol. The summed E-state index contributed by atoms with van der Waals surface area (Å²) in [5.74, 6) is -5.08. The molecule has 0 spiro atoms. The second-order valence-corrected chi connectivity index (χ2v) is 14.5. The number of Topliss-reactive ketones (excluding diaryl/α,β-unsaturated/α-hetero) is 2. The fourth-order valence-corrected chi connectivity index (χ4v) is 8.75. The van der Waals surface area contributed by atoms with E-state index in [1.807, 2.05) is 36.4 Å². The zero-order valence-electron chi connectivity index (χ0n) is 29.1. The first-order chi connectivity index (χ1) is 25.4. The molecule has 0 amide bonds. The molecule has 2 heterocycles. The summed E-state index contributed by atoms with van der Waals surface area (Å²) in [7, 11) is 3.36. The van der Waals surface area contributed by atoms with Crippen LogP contribution in [0, 0.1) is 11.8 Å². The van der Waals surface area contributed by atoms with Gasteiger partial charge in [-0.05, 0) is 85.7 Å². The molecule has 1 aromatic heterocycles. The zero-order valence-corrected chi connectivity index (χ0v) is 29.1. The van der Waals surface area contributed by atoms with Crippen LogP contribution in [0.15, 0.2) is 76.8 Å². The lowest BCUT2D eigenvalue weighted by molar-refractivity contribution is -0.142. The van der Waals surface area contributed by atoms with Crippen molar-refractivity contribution >= 4 is 17.3 Å². The largest absolute Gasteiger partial charge is 0.507 e. The van der Waals surface area contributed by atoms with E-state index >= 15 is 13.2 Å². The molecule has 53 heavy (non-hydrogen) atoms. The van der Waals surface area contributed by atoms with Crippen LogP contribution in [-0.2, 0) is 30.6 Å². The summed E-state index contributed by atoms with van der Waals surface area (Å²) in [5, 5.41) is 31.6. The SMILES string of the molecule is CN(C)[C@@H]1c2onc(OCc3ccccc3)c2C(=O)[C@@]2(O)C(=O)C3=C(O)c4c(OCc5ccccc5)cc(C5CCCN5)c(C(F)(F)F)c4C[C@H]3C[C@@H]12. The fourth-order valence-electron chi connectivity index (χ4n) is 8.75. The van der Waals surface area contributed by atoms with Crippen LogP contribution in [0.4, 0.5) is 13.2 Å². The van der Waals surface area contributed by atoms with Crippen molar-refractivity contribution in [3.05, 3.63) is 117 Å². The number of aliphatic hydroxyl groups is 2. The van der Waals surface area contributed by atoms with Gasteiger partial charge in [-0.15, -0.1) is 0 Å². The number of aliphatic hydroxyl groups excluding tert-OH is 1. The molecule has 0 bridgehead atoms. The number of fused-ring (bicyclic) bond motifs is 4. The van der Waals surface area contributed by atoms with Gasteiger partial charge >= 0.3 is 6.18 Å². The van der Waals surface area contributed by atoms with Crippen molar-refractivity contribution in [3.8, 4) is 11.6 Å². The first kappa shape index (κ1) is 35.1. The van der Waals surface area contributed by atoms with Crippen LogP contribution in [0.5, 0.6) is 11.6 Å². The standard InChI is InChI=1S/C40H38F3N3O7/c1-46(2)33-26-17-23-16-25-30(28(51-19-21-10-5-3-6-11-21)18-24(27-14-9-15-44-27)32(25)40(41,42)43)34(47)29(23)36(48)39(26,50)37(49)31-35(33)53-45-38(31)52-20-22-12-7-4-8-13-22/h3-8,10-13,18,23,26-27,33,44,47,50H,9,14-17,19-20H2,1-2H3/t23-,26-,27?,33-,39-/m0/s1. The van der Waals surface area contributed by atoms with Crippen molar-refractivity contribution in [2.75, 3.05) is 20.6 Å². The molecule has 3 N–H and O–H groups in total. The van der Waals surface area contributed by atoms with Crippen molar-refractivity contribution in [3.63, 3.8) is 0 Å². The number of carbonyl (C=O) groups excluding carboxylic acids is 2. The van der Waals surface area contributed by atoms with Gasteiger partial charge in [0.05, 0.1) is 17.2 Å². The van der Waals surface area contributed by atoms with Gasteiger partial charge in [0.1, 0.15) is 30.3 Å². The summed E-state index contributed by atoms with van der Waals surface area (Å²) in [6.07, 6.45) is -4.04. The van der Waals surface area contributed by atoms with E-state index in [2.05, 4.69) is 10.5 Å². The van der Waals surface area contributed by atoms with Gasteiger partial charge in [0.25, 0.3) is 5.88 Å². The molecule has 0 radical (unpaired) electrons. The summed E-state index contributed by atoms with van der Waals surface area (Å²) >= 11 is 0. The van der Waals surface area contributed by atoms with Crippen molar-refractivity contribution in [2.24, 2.45) is 11.8 Å². The van der Waals surface area contributed by atoms with E-state index in [1.165, 1.54) is 6.07 Å². The van der Waals surface area contributed by atoms with E-state index in [4.69, 9.17) is 14.0 Å². The van der Waals surface area contributed by atoms with Gasteiger partial charge in [-0.3, -0.25) is 14.5 Å². The van der Waals surface area contributed by atoms with Crippen molar-refractivity contribution in [2.45, 2.75) is 62.8 Å². The maximum atomic E-state index is 15.2. The Morgan fingerprint density at radius 3 is 2.25 bits per heavy atom. The van der Waals surface area contributed by atoms with Gasteiger partial charge in [0.2, 0.25) is 11.6 Å². The normalized spacial score (nSPS) is 25.2. The average molecular weight is 730 g/mol. The van der Waals surface area contributed by atoms with E-state index < -0.39 is 58.6 Å². The third-order valence-electron chi connectivity index (χ3n) is 11.1. The Labute approximate surface area is 303 Å². The Kier molecular flexibility index (Phi) is 8.70. The van der Waals surface area contributed by atoms with Crippen LogP contribution >= 0.6 is 0 Å². The van der Waals surface area contributed by atoms with Gasteiger partial charge in [-0.25, -0.2) is 0 Å². The van der Waals surface area contributed by atoms with E-state index in [9.17, 15) is 19.8 Å². The number of alkyl halides is 3. The Morgan fingerprint density at radius 1 is 0.981 bits per heavy atom. The quantitative estimate of drug-likeness (QED) is 0.172. The Hall–Kier alpha value is -4.98. The van der Waals surface area contributed by atoms with Crippen molar-refractivity contribution in [1.29, 1.82) is 0 Å². The monoisotopic (exact) mass is 729 g/mol. The first-order valence-electron chi connectivity index (χ1n) is 17.6. The molecule has 4 aromatic rings. The van der Waals surface area contributed by atoms with Gasteiger partial charge in [-0.2, -0.15) is 13.2 Å². The number of carbonyl (C=O) groups is 2. The molecule has 13 heteroatoms.